The van der Waals surface area contributed by atoms with Crippen molar-refractivity contribution in [1.29, 1.82) is 0 Å². The highest BCUT2D eigenvalue weighted by molar-refractivity contribution is 9.10. The number of carbonyl (C=O) groups is 1. The van der Waals surface area contributed by atoms with Crippen LogP contribution in [0.15, 0.2) is 69.7 Å². The van der Waals surface area contributed by atoms with E-state index in [0.29, 0.717) is 5.56 Å². The monoisotopic (exact) mass is 424 g/mol. The molecule has 2 aromatic heterocycles. The van der Waals surface area contributed by atoms with E-state index in [9.17, 15) is 4.79 Å². The summed E-state index contributed by atoms with van der Waals surface area (Å²) in [6, 6.07) is 15.7. The number of nitrogens with zero attached hydrogens (tertiary/aromatic N) is 2. The maximum Gasteiger partial charge on any atom is 0.272 e. The first-order valence-corrected chi connectivity index (χ1v) is 9.48. The Balaban J connectivity index is 1.52. The molecule has 0 fully saturated rings. The number of carbonyl (C=O) groups excluding carboxylic acids is 1. The molecule has 5 nitrogen and oxygen atoms in total. The summed E-state index contributed by atoms with van der Waals surface area (Å²) in [5.74, 6) is -0.229. The summed E-state index contributed by atoms with van der Waals surface area (Å²) in [6.07, 6.45) is 3.26. The Morgan fingerprint density at radius 3 is 2.85 bits per heavy atom. The second kappa shape index (κ2) is 7.23. The SMILES string of the molecule is O=C(N/N=C/c1cn[nH]c1-c1ccc(Br)cc1)c1csc2ccccc12. The zero-order chi connectivity index (χ0) is 17.9. The fourth-order valence-corrected chi connectivity index (χ4v) is 3.82. The largest absolute Gasteiger partial charge is 0.277 e. The third kappa shape index (κ3) is 3.31. The lowest BCUT2D eigenvalue weighted by Gasteiger charge is -2.01. The highest BCUT2D eigenvalue weighted by atomic mass is 79.9. The number of benzene rings is 2. The normalized spacial score (nSPS) is 11.3. The average molecular weight is 425 g/mol. The number of aromatic nitrogens is 2. The van der Waals surface area contributed by atoms with Crippen LogP contribution in [-0.2, 0) is 0 Å². The van der Waals surface area contributed by atoms with Crippen molar-refractivity contribution in [2.45, 2.75) is 0 Å². The van der Waals surface area contributed by atoms with Crippen molar-refractivity contribution in [1.82, 2.24) is 15.6 Å². The second-order valence-corrected chi connectivity index (χ2v) is 7.38. The summed E-state index contributed by atoms with van der Waals surface area (Å²) in [7, 11) is 0. The van der Waals surface area contributed by atoms with Gasteiger partial charge in [0.2, 0.25) is 0 Å². The summed E-state index contributed by atoms with van der Waals surface area (Å²) >= 11 is 4.97. The Bertz CT molecular complexity index is 1100. The van der Waals surface area contributed by atoms with E-state index in [1.165, 1.54) is 0 Å². The van der Waals surface area contributed by atoms with Gasteiger partial charge in [-0.1, -0.05) is 46.3 Å². The molecule has 7 heteroatoms. The molecule has 0 bridgehead atoms. The van der Waals surface area contributed by atoms with Crippen molar-refractivity contribution in [3.63, 3.8) is 0 Å². The van der Waals surface area contributed by atoms with Gasteiger partial charge in [-0.15, -0.1) is 11.3 Å². The molecule has 2 aromatic carbocycles. The van der Waals surface area contributed by atoms with Crippen molar-refractivity contribution < 1.29 is 4.79 Å². The fraction of sp³-hybridized carbons (Fsp3) is 0. The van der Waals surface area contributed by atoms with E-state index in [0.717, 1.165) is 31.4 Å². The van der Waals surface area contributed by atoms with Crippen LogP contribution >= 0.6 is 27.3 Å². The molecule has 128 valence electrons. The molecule has 2 heterocycles. The number of hydrazone groups is 1. The van der Waals surface area contributed by atoms with Gasteiger partial charge in [-0.2, -0.15) is 10.2 Å². The number of rotatable bonds is 4. The molecule has 26 heavy (non-hydrogen) atoms. The standard InChI is InChI=1S/C19H13BrN4OS/c20-14-7-5-12(6-8-14)18-13(9-21-23-18)10-22-24-19(25)16-11-26-17-4-2-1-3-15(16)17/h1-11H,(H,21,23)(H,24,25)/b22-10+. The van der Waals surface area contributed by atoms with Crippen molar-refractivity contribution in [2.75, 3.05) is 0 Å². The van der Waals surface area contributed by atoms with Crippen LogP contribution in [0.3, 0.4) is 0 Å². The van der Waals surface area contributed by atoms with Crippen LogP contribution in [0, 0.1) is 0 Å². The number of halogens is 1. The zero-order valence-corrected chi connectivity index (χ0v) is 15.8. The van der Waals surface area contributed by atoms with Crippen LogP contribution in [-0.4, -0.2) is 22.3 Å². The number of nitrogens with one attached hydrogen (secondary N) is 2. The molecule has 0 unspecified atom stereocenters. The van der Waals surface area contributed by atoms with E-state index in [2.05, 4.69) is 36.7 Å². The molecule has 4 rings (SSSR count). The summed E-state index contributed by atoms with van der Waals surface area (Å²) < 4.78 is 2.08. The molecular formula is C19H13BrN4OS. The molecule has 0 saturated heterocycles. The first kappa shape index (κ1) is 16.7. The van der Waals surface area contributed by atoms with Gasteiger partial charge in [-0.05, 0) is 18.2 Å². The summed E-state index contributed by atoms with van der Waals surface area (Å²) in [5, 5.41) is 13.9. The van der Waals surface area contributed by atoms with Gasteiger partial charge in [-0.3, -0.25) is 9.89 Å². The lowest BCUT2D eigenvalue weighted by atomic mass is 10.1. The maximum absolute atomic E-state index is 12.4. The van der Waals surface area contributed by atoms with Crippen LogP contribution in [0.5, 0.6) is 0 Å². The minimum absolute atomic E-state index is 0.229. The second-order valence-electron chi connectivity index (χ2n) is 5.55. The summed E-state index contributed by atoms with van der Waals surface area (Å²) in [4.78, 5) is 12.4. The Hall–Kier alpha value is -2.77. The van der Waals surface area contributed by atoms with Gasteiger partial charge >= 0.3 is 0 Å². The first-order chi connectivity index (χ1) is 12.7. The van der Waals surface area contributed by atoms with Crippen LogP contribution in [0.25, 0.3) is 21.3 Å². The molecule has 1 amide bonds. The Morgan fingerprint density at radius 1 is 1.19 bits per heavy atom. The first-order valence-electron chi connectivity index (χ1n) is 7.81. The fourth-order valence-electron chi connectivity index (χ4n) is 2.62. The summed E-state index contributed by atoms with van der Waals surface area (Å²) in [5.41, 5.74) is 5.85. The average Bonchev–Trinajstić information content (AvgIpc) is 3.29. The van der Waals surface area contributed by atoms with Crippen LogP contribution in [0.1, 0.15) is 15.9 Å². The van der Waals surface area contributed by atoms with E-state index in [1.54, 1.807) is 23.7 Å². The minimum atomic E-state index is -0.229. The number of hydrogen-bond acceptors (Lipinski definition) is 4. The van der Waals surface area contributed by atoms with Crippen LogP contribution in [0.2, 0.25) is 0 Å². The van der Waals surface area contributed by atoms with Gasteiger partial charge in [0.15, 0.2) is 0 Å². The summed E-state index contributed by atoms with van der Waals surface area (Å²) in [6.45, 7) is 0. The van der Waals surface area contributed by atoms with E-state index < -0.39 is 0 Å². The molecular weight excluding hydrogens is 412 g/mol. The van der Waals surface area contributed by atoms with Gasteiger partial charge in [-0.25, -0.2) is 5.43 Å². The molecule has 0 saturated carbocycles. The van der Waals surface area contributed by atoms with Gasteiger partial charge < -0.3 is 0 Å². The molecule has 2 N–H and O–H groups in total. The van der Waals surface area contributed by atoms with Crippen molar-refractivity contribution in [3.05, 3.63) is 75.7 Å². The number of thiophene rings is 1. The highest BCUT2D eigenvalue weighted by Gasteiger charge is 2.11. The van der Waals surface area contributed by atoms with E-state index in [-0.39, 0.29) is 5.91 Å². The molecule has 0 aliphatic carbocycles. The smallest absolute Gasteiger partial charge is 0.272 e. The van der Waals surface area contributed by atoms with Gasteiger partial charge in [0.1, 0.15) is 0 Å². The molecule has 4 aromatic rings. The maximum atomic E-state index is 12.4. The minimum Gasteiger partial charge on any atom is -0.277 e. The molecule has 0 aliphatic rings. The molecule has 0 atom stereocenters. The highest BCUT2D eigenvalue weighted by Crippen LogP contribution is 2.25. The third-order valence-electron chi connectivity index (χ3n) is 3.90. The van der Waals surface area contributed by atoms with Crippen LogP contribution in [0.4, 0.5) is 0 Å². The Kier molecular flexibility index (Phi) is 4.64. The Labute approximate surface area is 161 Å². The molecule has 0 aliphatic heterocycles. The van der Waals surface area contributed by atoms with E-state index >= 15 is 0 Å². The van der Waals surface area contributed by atoms with Crippen molar-refractivity contribution >= 4 is 49.5 Å². The van der Waals surface area contributed by atoms with E-state index in [1.807, 2.05) is 53.9 Å². The predicted octanol–water partition coefficient (Wildman–Crippen LogP) is 4.82. The number of amides is 1. The van der Waals surface area contributed by atoms with E-state index in [4.69, 9.17) is 0 Å². The number of H-pyrrole nitrogens is 1. The zero-order valence-electron chi connectivity index (χ0n) is 13.4. The van der Waals surface area contributed by atoms with Crippen LogP contribution < -0.4 is 5.43 Å². The number of hydrogen-bond donors (Lipinski definition) is 2. The topological polar surface area (TPSA) is 70.1 Å². The lowest BCUT2D eigenvalue weighted by molar-refractivity contribution is 0.0957. The molecule has 0 spiro atoms. The quantitative estimate of drug-likeness (QED) is 0.364. The lowest BCUT2D eigenvalue weighted by Crippen LogP contribution is -2.17. The predicted molar refractivity (Wildman–Crippen MR) is 109 cm³/mol. The van der Waals surface area contributed by atoms with Crippen molar-refractivity contribution in [3.8, 4) is 11.3 Å². The Morgan fingerprint density at radius 2 is 2.00 bits per heavy atom. The van der Waals surface area contributed by atoms with Crippen molar-refractivity contribution in [2.24, 2.45) is 5.10 Å². The van der Waals surface area contributed by atoms with Gasteiger partial charge in [0.05, 0.1) is 23.7 Å². The molecule has 0 radical (unpaired) electrons. The third-order valence-corrected chi connectivity index (χ3v) is 5.39. The number of fused-ring (bicyclic) bond motifs is 1. The van der Waals surface area contributed by atoms with Gasteiger partial charge in [0, 0.05) is 31.1 Å². The number of aromatic amines is 1. The van der Waals surface area contributed by atoms with Gasteiger partial charge in [0.25, 0.3) is 5.91 Å².